The Bertz CT molecular complexity index is 1640. The Kier molecular flexibility index (Phi) is 8.17. The third-order valence-corrected chi connectivity index (χ3v) is 7.56. The summed E-state index contributed by atoms with van der Waals surface area (Å²) in [6.07, 6.45) is 7.78. The summed E-state index contributed by atoms with van der Waals surface area (Å²) in [5.41, 5.74) is 7.19. The lowest BCUT2D eigenvalue weighted by Crippen LogP contribution is -2.44. The van der Waals surface area contributed by atoms with E-state index in [-0.39, 0.29) is 0 Å². The van der Waals surface area contributed by atoms with Crippen LogP contribution in [0.2, 0.25) is 0 Å². The number of imidazole rings is 2. The predicted octanol–water partition coefficient (Wildman–Crippen LogP) is 5.72. The molecule has 0 radical (unpaired) electrons. The maximum Gasteiger partial charge on any atom is 0.138 e. The molecule has 3 heterocycles. The third-order valence-electron chi connectivity index (χ3n) is 7.56. The number of hydrogen-bond acceptors (Lipinski definition) is 6. The van der Waals surface area contributed by atoms with E-state index in [0.717, 1.165) is 89.6 Å². The molecule has 0 atom stereocenters. The number of piperazine rings is 1. The summed E-state index contributed by atoms with van der Waals surface area (Å²) in [5, 5.41) is 0. The molecule has 0 bridgehead atoms. The van der Waals surface area contributed by atoms with E-state index in [1.54, 1.807) is 0 Å². The molecule has 1 saturated heterocycles. The van der Waals surface area contributed by atoms with Gasteiger partial charge < -0.3 is 29.2 Å². The SMILES string of the molecule is C#CCCOCCCCOc1ccc(-c2nc3ccc(-c4nc5ccc(N6CCN(C)CC6)cc5[nH]4)cc3[nH]2)cc1. The Labute approximate surface area is 240 Å². The van der Waals surface area contributed by atoms with E-state index in [1.807, 2.05) is 30.3 Å². The van der Waals surface area contributed by atoms with Gasteiger partial charge in [-0.15, -0.1) is 12.3 Å². The van der Waals surface area contributed by atoms with Crippen molar-refractivity contribution in [3.63, 3.8) is 0 Å². The second kappa shape index (κ2) is 12.5. The molecule has 6 rings (SSSR count). The molecule has 0 unspecified atom stereocenters. The van der Waals surface area contributed by atoms with Crippen LogP contribution in [0.4, 0.5) is 5.69 Å². The molecule has 0 aliphatic carbocycles. The molecule has 41 heavy (non-hydrogen) atoms. The van der Waals surface area contributed by atoms with Gasteiger partial charge in [0.05, 0.1) is 35.3 Å². The van der Waals surface area contributed by atoms with Gasteiger partial charge in [-0.05, 0) is 80.6 Å². The lowest BCUT2D eigenvalue weighted by atomic mass is 10.2. The number of benzene rings is 3. The molecule has 0 spiro atoms. The Morgan fingerprint density at radius 3 is 2.20 bits per heavy atom. The smallest absolute Gasteiger partial charge is 0.138 e. The van der Waals surface area contributed by atoms with Gasteiger partial charge in [-0.3, -0.25) is 0 Å². The number of nitrogens with one attached hydrogen (secondary N) is 2. The molecule has 8 heteroatoms. The van der Waals surface area contributed by atoms with Crippen LogP contribution < -0.4 is 9.64 Å². The zero-order valence-electron chi connectivity index (χ0n) is 23.5. The van der Waals surface area contributed by atoms with E-state index in [9.17, 15) is 0 Å². The van der Waals surface area contributed by atoms with Crippen molar-refractivity contribution < 1.29 is 9.47 Å². The van der Waals surface area contributed by atoms with Crippen LogP contribution in [0.1, 0.15) is 19.3 Å². The quantitative estimate of drug-likeness (QED) is 0.162. The van der Waals surface area contributed by atoms with Crippen molar-refractivity contribution >= 4 is 27.8 Å². The van der Waals surface area contributed by atoms with E-state index in [1.165, 1.54) is 5.69 Å². The van der Waals surface area contributed by atoms with Crippen LogP contribution in [0.25, 0.3) is 44.8 Å². The van der Waals surface area contributed by atoms with Gasteiger partial charge in [-0.25, -0.2) is 9.97 Å². The normalized spacial score (nSPS) is 14.1. The van der Waals surface area contributed by atoms with E-state index in [4.69, 9.17) is 25.9 Å². The molecular weight excluding hydrogens is 512 g/mol. The predicted molar refractivity (Wildman–Crippen MR) is 165 cm³/mol. The lowest BCUT2D eigenvalue weighted by molar-refractivity contribution is 0.131. The summed E-state index contributed by atoms with van der Waals surface area (Å²) in [6, 6.07) is 20.8. The van der Waals surface area contributed by atoms with Gasteiger partial charge in [0.1, 0.15) is 17.4 Å². The molecule has 210 valence electrons. The molecule has 1 aliphatic heterocycles. The first-order valence-corrected chi connectivity index (χ1v) is 14.3. The summed E-state index contributed by atoms with van der Waals surface area (Å²) in [7, 11) is 2.18. The average molecular weight is 549 g/mol. The first-order chi connectivity index (χ1) is 20.2. The van der Waals surface area contributed by atoms with Gasteiger partial charge in [0, 0.05) is 56.0 Å². The molecule has 2 aromatic heterocycles. The largest absolute Gasteiger partial charge is 0.494 e. The maximum atomic E-state index is 5.89. The third kappa shape index (κ3) is 6.37. The fourth-order valence-corrected chi connectivity index (χ4v) is 5.13. The second-order valence-electron chi connectivity index (χ2n) is 10.5. The standard InChI is InChI=1S/C33H36N6O2/c1-3-4-19-40-20-5-6-21-41-27-11-7-24(8-12-27)32-34-28-13-9-25(22-30(28)36-32)33-35-29-14-10-26(23-31(29)37-33)39-17-15-38(2)16-18-39/h1,7-14,22-23H,4-6,15-21H2,2H3,(H,34,36)(H,35,37). The van der Waals surface area contributed by atoms with Crippen molar-refractivity contribution in [1.82, 2.24) is 24.8 Å². The van der Waals surface area contributed by atoms with Crippen molar-refractivity contribution in [2.75, 3.05) is 57.9 Å². The van der Waals surface area contributed by atoms with Crippen LogP contribution in [-0.2, 0) is 4.74 Å². The monoisotopic (exact) mass is 548 g/mol. The van der Waals surface area contributed by atoms with Gasteiger partial charge in [0.25, 0.3) is 0 Å². The minimum absolute atomic E-state index is 0.625. The molecule has 0 amide bonds. The lowest BCUT2D eigenvalue weighted by Gasteiger charge is -2.34. The highest BCUT2D eigenvalue weighted by molar-refractivity contribution is 5.87. The molecule has 0 saturated carbocycles. The Morgan fingerprint density at radius 1 is 0.780 bits per heavy atom. The zero-order valence-corrected chi connectivity index (χ0v) is 23.5. The minimum atomic E-state index is 0.625. The highest BCUT2D eigenvalue weighted by atomic mass is 16.5. The zero-order chi connectivity index (χ0) is 28.0. The van der Waals surface area contributed by atoms with Crippen molar-refractivity contribution in [3.05, 3.63) is 60.7 Å². The van der Waals surface area contributed by atoms with Crippen molar-refractivity contribution in [1.29, 1.82) is 0 Å². The number of hydrogen-bond donors (Lipinski definition) is 2. The molecular formula is C33H36N6O2. The van der Waals surface area contributed by atoms with Crippen molar-refractivity contribution in [2.45, 2.75) is 19.3 Å². The van der Waals surface area contributed by atoms with Gasteiger partial charge in [0.2, 0.25) is 0 Å². The van der Waals surface area contributed by atoms with E-state index in [2.05, 4.69) is 63.1 Å². The van der Waals surface area contributed by atoms with Crippen molar-refractivity contribution in [2.24, 2.45) is 0 Å². The van der Waals surface area contributed by atoms with Gasteiger partial charge in [0.15, 0.2) is 0 Å². The number of fused-ring (bicyclic) bond motifs is 2. The maximum absolute atomic E-state index is 5.89. The highest BCUT2D eigenvalue weighted by Crippen LogP contribution is 2.29. The first-order valence-electron chi connectivity index (χ1n) is 14.3. The number of aromatic nitrogens is 4. The number of H-pyrrole nitrogens is 2. The number of unbranched alkanes of at least 4 members (excludes halogenated alkanes) is 1. The second-order valence-corrected chi connectivity index (χ2v) is 10.5. The van der Waals surface area contributed by atoms with E-state index < -0.39 is 0 Å². The van der Waals surface area contributed by atoms with Crippen LogP contribution >= 0.6 is 0 Å². The molecule has 1 fully saturated rings. The fourth-order valence-electron chi connectivity index (χ4n) is 5.13. The molecule has 3 aromatic carbocycles. The molecule has 2 N–H and O–H groups in total. The number of rotatable bonds is 11. The van der Waals surface area contributed by atoms with Crippen LogP contribution in [0.5, 0.6) is 5.75 Å². The number of terminal acetylenes is 1. The van der Waals surface area contributed by atoms with Crippen molar-refractivity contribution in [3.8, 4) is 40.9 Å². The number of anilines is 1. The molecule has 1 aliphatic rings. The number of aromatic amines is 2. The Hall–Kier alpha value is -4.32. The van der Waals surface area contributed by atoms with Crippen LogP contribution in [0, 0.1) is 12.3 Å². The fraction of sp³-hybridized carbons (Fsp3) is 0.333. The Morgan fingerprint density at radius 2 is 1.44 bits per heavy atom. The van der Waals surface area contributed by atoms with Gasteiger partial charge >= 0.3 is 0 Å². The summed E-state index contributed by atoms with van der Waals surface area (Å²) in [4.78, 5) is 21.5. The topological polar surface area (TPSA) is 82.3 Å². The van der Waals surface area contributed by atoms with Crippen LogP contribution in [-0.4, -0.2) is 77.9 Å². The summed E-state index contributed by atoms with van der Waals surface area (Å²) in [6.45, 7) is 6.25. The van der Waals surface area contributed by atoms with Crippen LogP contribution in [0.3, 0.4) is 0 Å². The summed E-state index contributed by atoms with van der Waals surface area (Å²) in [5.74, 6) is 5.11. The highest BCUT2D eigenvalue weighted by Gasteiger charge is 2.16. The van der Waals surface area contributed by atoms with E-state index in [0.29, 0.717) is 26.2 Å². The minimum Gasteiger partial charge on any atom is -0.494 e. The van der Waals surface area contributed by atoms with Gasteiger partial charge in [-0.1, -0.05) is 0 Å². The summed E-state index contributed by atoms with van der Waals surface area (Å²) < 4.78 is 11.4. The Balaban J connectivity index is 1.10. The molecule has 8 nitrogen and oxygen atoms in total. The van der Waals surface area contributed by atoms with Gasteiger partial charge in [-0.2, -0.15) is 0 Å². The van der Waals surface area contributed by atoms with E-state index >= 15 is 0 Å². The first kappa shape index (κ1) is 26.9. The average Bonchev–Trinajstić information content (AvgIpc) is 3.63. The number of ether oxygens (including phenoxy) is 2. The number of nitrogens with zero attached hydrogens (tertiary/aromatic N) is 4. The number of likely N-dealkylation sites (N-methyl/N-ethyl adjacent to an activating group) is 1. The van der Waals surface area contributed by atoms with Crippen LogP contribution in [0.15, 0.2) is 60.7 Å². The summed E-state index contributed by atoms with van der Waals surface area (Å²) >= 11 is 0. The molecule has 5 aromatic rings.